The molecule has 0 heterocycles. The summed E-state index contributed by atoms with van der Waals surface area (Å²) < 4.78 is 1.94. The van der Waals surface area contributed by atoms with Crippen LogP contribution in [0.25, 0.3) is 0 Å². The largest absolute Gasteiger partial charge is 2.00 e. The van der Waals surface area contributed by atoms with Crippen LogP contribution in [0, 0.1) is 28.9 Å². The van der Waals surface area contributed by atoms with Gasteiger partial charge in [0, 0.05) is 32.4 Å². The van der Waals surface area contributed by atoms with E-state index in [-0.39, 0.29) is 36.8 Å². The van der Waals surface area contributed by atoms with Gasteiger partial charge in [-0.1, -0.05) is 121 Å². The third-order valence-corrected chi connectivity index (χ3v) is 12.1. The number of hydrogen-bond donors (Lipinski definition) is 2. The summed E-state index contributed by atoms with van der Waals surface area (Å²) in [5.41, 5.74) is 2.14. The minimum absolute atomic E-state index is 0. The van der Waals surface area contributed by atoms with Gasteiger partial charge < -0.3 is 15.1 Å². The standard InChI is InChI=1S/C15H15BrO.C12H23NO.C9H9BrO.2C6H5.Zn/c1-2-15(17,12-7-4-3-5-8-12)13-9-6-10-14(16)11-13;1-11(2)8-6-7-12(11,3)10(14)9(8)13(4)5;1-2-9(11)7-4-3-5-8(10)6-7;2*1-2-4-6-5-3-1;/h3-11,17H,2H2,1H3;8-10,14H,6-7H2,1-5H3;3-6H,2H2,1H3;2*1-5H;/q;;;2*-1;+2. The molecule has 2 bridgehead atoms. The molecule has 0 aliphatic heterocycles. The first-order chi connectivity index (χ1) is 25.7. The average molecular weight is 921 g/mol. The van der Waals surface area contributed by atoms with Crippen LogP contribution in [0.4, 0.5) is 0 Å². The number of aliphatic hydroxyl groups is 2. The summed E-state index contributed by atoms with van der Waals surface area (Å²) in [6, 6.07) is 50.4. The number of ketones is 1. The third kappa shape index (κ3) is 13.1. The SMILES string of the molecule is CCC(=O)c1cccc(Br)c1.CCC(O)(c1ccccc1)c1cccc(Br)c1.CN(C)C1C2CCC(C)(C1O)C2(C)C.[Zn+2].[c-]1ccccc1.[c-]1ccccc1. The van der Waals surface area contributed by atoms with Crippen LogP contribution in [-0.2, 0) is 25.1 Å². The predicted molar refractivity (Wildman–Crippen MR) is 231 cm³/mol. The van der Waals surface area contributed by atoms with Crippen molar-refractivity contribution < 1.29 is 34.5 Å². The normalized spacial score (nSPS) is 20.9. The number of nitrogens with zero attached hydrogens (tertiary/aromatic N) is 1. The van der Waals surface area contributed by atoms with E-state index in [1.54, 1.807) is 0 Å². The summed E-state index contributed by atoms with van der Waals surface area (Å²) in [6.07, 6.45) is 3.54. The molecule has 2 N–H and O–H groups in total. The molecular formula is C48H57Br2NO3Zn. The Labute approximate surface area is 360 Å². The second kappa shape index (κ2) is 23.5. The van der Waals surface area contributed by atoms with Crippen LogP contribution < -0.4 is 0 Å². The Bertz CT molecular complexity index is 1720. The molecule has 5 aromatic carbocycles. The monoisotopic (exact) mass is 917 g/mol. The Kier molecular flexibility index (Phi) is 20.6. The van der Waals surface area contributed by atoms with Gasteiger partial charge in [0.2, 0.25) is 0 Å². The molecule has 0 amide bonds. The van der Waals surface area contributed by atoms with Gasteiger partial charge in [0.05, 0.1) is 6.10 Å². The summed E-state index contributed by atoms with van der Waals surface area (Å²) in [7, 11) is 4.18. The van der Waals surface area contributed by atoms with Crippen LogP contribution >= 0.6 is 31.9 Å². The molecule has 5 atom stereocenters. The number of rotatable bonds is 6. The van der Waals surface area contributed by atoms with E-state index in [9.17, 15) is 15.0 Å². The van der Waals surface area contributed by atoms with Crippen LogP contribution in [0.2, 0.25) is 0 Å². The zero-order valence-corrected chi connectivity index (χ0v) is 39.7. The van der Waals surface area contributed by atoms with E-state index in [1.807, 2.05) is 153 Å². The van der Waals surface area contributed by atoms with Gasteiger partial charge in [0.25, 0.3) is 0 Å². The molecule has 0 radical (unpaired) electrons. The van der Waals surface area contributed by atoms with Gasteiger partial charge in [-0.15, -0.1) is 0 Å². The molecule has 5 unspecified atom stereocenters. The molecule has 4 nitrogen and oxygen atoms in total. The molecule has 55 heavy (non-hydrogen) atoms. The van der Waals surface area contributed by atoms with Gasteiger partial charge >= 0.3 is 19.5 Å². The predicted octanol–water partition coefficient (Wildman–Crippen LogP) is 11.8. The quantitative estimate of drug-likeness (QED) is 0.101. The fourth-order valence-corrected chi connectivity index (χ4v) is 8.31. The van der Waals surface area contributed by atoms with E-state index in [1.165, 1.54) is 12.8 Å². The molecule has 2 fully saturated rings. The van der Waals surface area contributed by atoms with Crippen molar-refractivity contribution in [3.05, 3.63) is 177 Å². The molecule has 7 rings (SSSR count). The first-order valence-electron chi connectivity index (χ1n) is 18.7. The molecule has 0 spiro atoms. The van der Waals surface area contributed by atoms with Gasteiger partial charge in [0.15, 0.2) is 5.78 Å². The molecule has 7 heteroatoms. The summed E-state index contributed by atoms with van der Waals surface area (Å²) in [5, 5.41) is 21.3. The molecule has 2 saturated carbocycles. The molecule has 2 aliphatic carbocycles. The number of fused-ring (bicyclic) bond motifs is 2. The van der Waals surface area contributed by atoms with Gasteiger partial charge in [0.1, 0.15) is 5.60 Å². The Hall–Kier alpha value is -2.77. The van der Waals surface area contributed by atoms with Gasteiger partial charge in [-0.3, -0.25) is 4.79 Å². The molecule has 5 aromatic rings. The number of halogens is 2. The Morgan fingerprint density at radius 2 is 1.25 bits per heavy atom. The second-order valence-electron chi connectivity index (χ2n) is 14.7. The molecule has 2 aliphatic rings. The van der Waals surface area contributed by atoms with Crippen LogP contribution in [0.5, 0.6) is 0 Å². The minimum atomic E-state index is -0.912. The summed E-state index contributed by atoms with van der Waals surface area (Å²) in [6.45, 7) is 10.8. The Balaban J connectivity index is 0.000000249. The maximum Gasteiger partial charge on any atom is 2.00 e. The second-order valence-corrected chi connectivity index (χ2v) is 16.5. The molecule has 288 valence electrons. The van der Waals surface area contributed by atoms with Crippen molar-refractivity contribution in [1.82, 2.24) is 4.90 Å². The van der Waals surface area contributed by atoms with Crippen LogP contribution in [0.15, 0.2) is 148 Å². The summed E-state index contributed by atoms with van der Waals surface area (Å²) >= 11 is 6.75. The van der Waals surface area contributed by atoms with Crippen molar-refractivity contribution >= 4 is 37.6 Å². The van der Waals surface area contributed by atoms with Crippen molar-refractivity contribution in [2.24, 2.45) is 16.7 Å². The van der Waals surface area contributed by atoms with Crippen LogP contribution in [0.3, 0.4) is 0 Å². The zero-order chi connectivity index (χ0) is 39.8. The molecule has 0 aromatic heterocycles. The first kappa shape index (κ1) is 48.4. The van der Waals surface area contributed by atoms with E-state index in [0.717, 1.165) is 25.6 Å². The van der Waals surface area contributed by atoms with Crippen LogP contribution in [0.1, 0.15) is 81.8 Å². The van der Waals surface area contributed by atoms with Gasteiger partial charge in [-0.2, -0.15) is 72.8 Å². The molecular weight excluding hydrogens is 864 g/mol. The van der Waals surface area contributed by atoms with Crippen molar-refractivity contribution in [3.63, 3.8) is 0 Å². The first-order valence-corrected chi connectivity index (χ1v) is 20.3. The number of carbonyl (C=O) groups is 1. The van der Waals surface area contributed by atoms with Crippen LogP contribution in [-0.4, -0.2) is 47.1 Å². The van der Waals surface area contributed by atoms with Crippen molar-refractivity contribution in [3.8, 4) is 0 Å². The van der Waals surface area contributed by atoms with E-state index in [2.05, 4.69) is 83.8 Å². The van der Waals surface area contributed by atoms with Crippen molar-refractivity contribution in [2.45, 2.75) is 78.0 Å². The fraction of sp³-hybridized carbons (Fsp3) is 0.354. The maximum atomic E-state index is 11.1. The Morgan fingerprint density at radius 1 is 0.764 bits per heavy atom. The summed E-state index contributed by atoms with van der Waals surface area (Å²) in [5.74, 6) is 0.851. The molecule has 0 saturated heterocycles. The Morgan fingerprint density at radius 3 is 1.62 bits per heavy atom. The number of Topliss-reactive ketones (excluding diaryl/α,β-unsaturated/α-hetero) is 1. The van der Waals surface area contributed by atoms with Gasteiger partial charge in [-0.05, 0) is 80.1 Å². The zero-order valence-electron chi connectivity index (χ0n) is 33.6. The van der Waals surface area contributed by atoms with E-state index < -0.39 is 5.60 Å². The smallest absolute Gasteiger partial charge is 0.391 e. The van der Waals surface area contributed by atoms with Crippen molar-refractivity contribution in [1.29, 1.82) is 0 Å². The minimum Gasteiger partial charge on any atom is -0.391 e. The number of likely N-dealkylation sites (N-methyl/N-ethyl adjacent to an activating group) is 1. The number of aliphatic hydroxyl groups excluding tert-OH is 1. The fourth-order valence-electron chi connectivity index (χ4n) is 7.51. The number of benzene rings is 5. The van der Waals surface area contributed by atoms with E-state index >= 15 is 0 Å². The third-order valence-electron chi connectivity index (χ3n) is 11.1. The average Bonchev–Trinajstić information content (AvgIpc) is 3.52. The topological polar surface area (TPSA) is 60.8 Å². The number of carbonyl (C=O) groups excluding carboxylic acids is 1. The van der Waals surface area contributed by atoms with E-state index in [4.69, 9.17) is 0 Å². The van der Waals surface area contributed by atoms with Crippen molar-refractivity contribution in [2.75, 3.05) is 14.1 Å². The van der Waals surface area contributed by atoms with Gasteiger partial charge in [-0.25, -0.2) is 0 Å². The summed E-state index contributed by atoms with van der Waals surface area (Å²) in [4.78, 5) is 13.4. The number of hydrogen-bond acceptors (Lipinski definition) is 4. The van der Waals surface area contributed by atoms with E-state index in [0.29, 0.717) is 30.2 Å². The maximum absolute atomic E-state index is 11.1.